The van der Waals surface area contributed by atoms with Gasteiger partial charge in [0.2, 0.25) is 5.91 Å². The van der Waals surface area contributed by atoms with Crippen molar-refractivity contribution in [3.8, 4) is 11.5 Å². The van der Waals surface area contributed by atoms with E-state index < -0.39 is 5.97 Å². The van der Waals surface area contributed by atoms with Gasteiger partial charge in [0.15, 0.2) is 11.5 Å². The summed E-state index contributed by atoms with van der Waals surface area (Å²) in [4.78, 5) is 23.9. The highest BCUT2D eigenvalue weighted by Crippen LogP contribution is 2.31. The summed E-state index contributed by atoms with van der Waals surface area (Å²) in [6, 6.07) is 4.60. The second-order valence-electron chi connectivity index (χ2n) is 4.03. The van der Waals surface area contributed by atoms with Gasteiger partial charge in [-0.05, 0) is 12.1 Å². The minimum absolute atomic E-state index is 0.0108. The van der Waals surface area contributed by atoms with E-state index in [1.807, 2.05) is 0 Å². The van der Waals surface area contributed by atoms with Crippen molar-refractivity contribution in [2.45, 2.75) is 6.42 Å². The second-order valence-corrected chi connectivity index (χ2v) is 4.03. The predicted octanol–water partition coefficient (Wildman–Crippen LogP) is 1.25. The highest BCUT2D eigenvalue weighted by molar-refractivity contribution is 5.92. The van der Waals surface area contributed by atoms with Gasteiger partial charge in [0.25, 0.3) is 0 Å². The third-order valence-electron chi connectivity index (χ3n) is 2.49. The van der Waals surface area contributed by atoms with Crippen LogP contribution in [-0.4, -0.2) is 49.7 Å². The van der Waals surface area contributed by atoms with E-state index >= 15 is 0 Å². The van der Waals surface area contributed by atoms with Crippen molar-refractivity contribution in [1.82, 2.24) is 4.90 Å². The van der Waals surface area contributed by atoms with E-state index in [-0.39, 0.29) is 30.2 Å². The summed E-state index contributed by atoms with van der Waals surface area (Å²) in [5.74, 6) is -0.721. The van der Waals surface area contributed by atoms with Gasteiger partial charge < -0.3 is 19.5 Å². The molecule has 0 bridgehead atoms. The summed E-state index contributed by atoms with van der Waals surface area (Å²) in [5.41, 5.74) is 0.0108. The van der Waals surface area contributed by atoms with Crippen molar-refractivity contribution in [3.05, 3.63) is 23.8 Å². The van der Waals surface area contributed by atoms with Gasteiger partial charge in [-0.2, -0.15) is 0 Å². The Bertz CT molecular complexity index is 470. The number of carboxylic acid groups (broad SMARTS) is 1. The SMILES string of the molecule is COc1cccc(C(=O)O)c1OCCC(=O)N(C)C. The van der Waals surface area contributed by atoms with Crippen LogP contribution in [0.4, 0.5) is 0 Å². The molecule has 6 heteroatoms. The number of hydrogen-bond donors (Lipinski definition) is 1. The lowest BCUT2D eigenvalue weighted by Gasteiger charge is -2.14. The lowest BCUT2D eigenvalue weighted by atomic mass is 10.2. The van der Waals surface area contributed by atoms with Gasteiger partial charge >= 0.3 is 5.97 Å². The Morgan fingerprint density at radius 3 is 2.53 bits per heavy atom. The number of carboxylic acids is 1. The Hall–Kier alpha value is -2.24. The Balaban J connectivity index is 2.81. The Morgan fingerprint density at radius 2 is 2.00 bits per heavy atom. The first-order valence-electron chi connectivity index (χ1n) is 5.70. The molecule has 0 saturated carbocycles. The minimum Gasteiger partial charge on any atom is -0.493 e. The van der Waals surface area contributed by atoms with E-state index in [1.54, 1.807) is 26.2 Å². The van der Waals surface area contributed by atoms with Gasteiger partial charge in [-0.1, -0.05) is 6.07 Å². The molecule has 1 aromatic rings. The molecule has 0 fully saturated rings. The molecular formula is C13H17NO5. The molecule has 0 atom stereocenters. The van der Waals surface area contributed by atoms with E-state index in [2.05, 4.69) is 0 Å². The molecule has 19 heavy (non-hydrogen) atoms. The molecule has 0 spiro atoms. The van der Waals surface area contributed by atoms with Crippen molar-refractivity contribution >= 4 is 11.9 Å². The highest BCUT2D eigenvalue weighted by Gasteiger charge is 2.16. The lowest BCUT2D eigenvalue weighted by Crippen LogP contribution is -2.23. The molecule has 0 heterocycles. The average Bonchev–Trinajstić information content (AvgIpc) is 2.38. The maximum atomic E-state index is 11.4. The lowest BCUT2D eigenvalue weighted by molar-refractivity contribution is -0.129. The van der Waals surface area contributed by atoms with Crippen LogP contribution < -0.4 is 9.47 Å². The minimum atomic E-state index is -1.10. The number of benzene rings is 1. The van der Waals surface area contributed by atoms with Gasteiger partial charge in [-0.25, -0.2) is 4.79 Å². The number of aromatic carboxylic acids is 1. The summed E-state index contributed by atoms with van der Waals surface area (Å²) >= 11 is 0. The molecule has 1 amide bonds. The predicted molar refractivity (Wildman–Crippen MR) is 68.8 cm³/mol. The fourth-order valence-corrected chi connectivity index (χ4v) is 1.46. The first-order chi connectivity index (χ1) is 8.97. The normalized spacial score (nSPS) is 9.84. The van der Waals surface area contributed by atoms with Crippen LogP contribution in [0, 0.1) is 0 Å². The molecule has 0 radical (unpaired) electrons. The molecule has 1 rings (SSSR count). The summed E-state index contributed by atoms with van der Waals surface area (Å²) in [5, 5.41) is 9.07. The molecule has 6 nitrogen and oxygen atoms in total. The molecule has 1 aromatic carbocycles. The Kier molecular flexibility index (Phi) is 5.17. The third kappa shape index (κ3) is 3.87. The van der Waals surface area contributed by atoms with Gasteiger partial charge in [0.05, 0.1) is 20.1 Å². The summed E-state index contributed by atoms with van der Waals surface area (Å²) in [6.45, 7) is 0.0949. The number of hydrogen-bond acceptors (Lipinski definition) is 4. The Morgan fingerprint density at radius 1 is 1.32 bits per heavy atom. The monoisotopic (exact) mass is 267 g/mol. The van der Waals surface area contributed by atoms with E-state index in [0.717, 1.165) is 0 Å². The molecule has 0 aliphatic carbocycles. The van der Waals surface area contributed by atoms with Crippen molar-refractivity contribution < 1.29 is 24.2 Å². The van der Waals surface area contributed by atoms with E-state index in [4.69, 9.17) is 14.6 Å². The van der Waals surface area contributed by atoms with Crippen molar-refractivity contribution in [1.29, 1.82) is 0 Å². The maximum Gasteiger partial charge on any atom is 0.339 e. The summed E-state index contributed by atoms with van der Waals surface area (Å²) < 4.78 is 10.4. The van der Waals surface area contributed by atoms with Crippen molar-refractivity contribution in [2.24, 2.45) is 0 Å². The van der Waals surface area contributed by atoms with Crippen LogP contribution in [-0.2, 0) is 4.79 Å². The van der Waals surface area contributed by atoms with E-state index in [9.17, 15) is 9.59 Å². The van der Waals surface area contributed by atoms with Crippen LogP contribution in [0.5, 0.6) is 11.5 Å². The molecule has 0 aliphatic heterocycles. The van der Waals surface area contributed by atoms with E-state index in [1.165, 1.54) is 18.1 Å². The van der Waals surface area contributed by atoms with Crippen LogP contribution in [0.3, 0.4) is 0 Å². The molecule has 0 aromatic heterocycles. The van der Waals surface area contributed by atoms with Crippen molar-refractivity contribution in [3.63, 3.8) is 0 Å². The van der Waals surface area contributed by atoms with Gasteiger partial charge in [-0.15, -0.1) is 0 Å². The summed E-state index contributed by atoms with van der Waals surface area (Å²) in [7, 11) is 4.72. The third-order valence-corrected chi connectivity index (χ3v) is 2.49. The molecule has 1 N–H and O–H groups in total. The number of carbonyl (C=O) groups excluding carboxylic acids is 1. The molecule has 0 saturated heterocycles. The fourth-order valence-electron chi connectivity index (χ4n) is 1.46. The van der Waals surface area contributed by atoms with E-state index in [0.29, 0.717) is 5.75 Å². The van der Waals surface area contributed by atoms with Crippen LogP contribution >= 0.6 is 0 Å². The second kappa shape index (κ2) is 6.63. The number of amides is 1. The topological polar surface area (TPSA) is 76.1 Å². The maximum absolute atomic E-state index is 11.4. The number of carbonyl (C=O) groups is 2. The van der Waals surface area contributed by atoms with Crippen LogP contribution in [0.1, 0.15) is 16.8 Å². The zero-order valence-electron chi connectivity index (χ0n) is 11.2. The number of ether oxygens (including phenoxy) is 2. The average molecular weight is 267 g/mol. The summed E-state index contributed by atoms with van der Waals surface area (Å²) in [6.07, 6.45) is 0.171. The molecule has 104 valence electrons. The van der Waals surface area contributed by atoms with Gasteiger partial charge in [-0.3, -0.25) is 4.79 Å². The fraction of sp³-hybridized carbons (Fsp3) is 0.385. The standard InChI is InChI=1S/C13H17NO5/c1-14(2)11(15)7-8-19-12-9(13(16)17)5-4-6-10(12)18-3/h4-6H,7-8H2,1-3H3,(H,16,17). The Labute approximate surface area is 111 Å². The largest absolute Gasteiger partial charge is 0.493 e. The van der Waals surface area contributed by atoms with Gasteiger partial charge in [0, 0.05) is 14.1 Å². The van der Waals surface area contributed by atoms with Crippen molar-refractivity contribution in [2.75, 3.05) is 27.8 Å². The first kappa shape index (κ1) is 14.8. The zero-order chi connectivity index (χ0) is 14.4. The highest BCUT2D eigenvalue weighted by atomic mass is 16.5. The number of methoxy groups -OCH3 is 1. The van der Waals surface area contributed by atoms with Gasteiger partial charge in [0.1, 0.15) is 5.56 Å². The van der Waals surface area contributed by atoms with Crippen LogP contribution in [0.2, 0.25) is 0 Å². The zero-order valence-corrected chi connectivity index (χ0v) is 11.2. The molecule has 0 unspecified atom stereocenters. The van der Waals surface area contributed by atoms with Crippen LogP contribution in [0.25, 0.3) is 0 Å². The molecular weight excluding hydrogens is 250 g/mol. The smallest absolute Gasteiger partial charge is 0.339 e. The number of rotatable bonds is 6. The number of para-hydroxylation sites is 1. The number of nitrogens with zero attached hydrogens (tertiary/aromatic N) is 1. The van der Waals surface area contributed by atoms with Crippen LogP contribution in [0.15, 0.2) is 18.2 Å². The quantitative estimate of drug-likeness (QED) is 0.839. The molecule has 0 aliphatic rings. The first-order valence-corrected chi connectivity index (χ1v) is 5.70.